The number of rotatable bonds is 5. The summed E-state index contributed by atoms with van der Waals surface area (Å²) in [4.78, 5) is 15.0. The van der Waals surface area contributed by atoms with Crippen molar-refractivity contribution in [1.82, 2.24) is 10.2 Å². The fourth-order valence-electron chi connectivity index (χ4n) is 3.04. The van der Waals surface area contributed by atoms with Crippen LogP contribution in [0.1, 0.15) is 24.1 Å². The average Bonchev–Trinajstić information content (AvgIpc) is 2.67. The lowest BCUT2D eigenvalue weighted by atomic mass is 9.98. The van der Waals surface area contributed by atoms with E-state index in [1.54, 1.807) is 0 Å². The highest BCUT2D eigenvalue weighted by Gasteiger charge is 2.26. The normalized spacial score (nSPS) is 16.8. The van der Waals surface area contributed by atoms with Crippen molar-refractivity contribution in [2.75, 3.05) is 26.3 Å². The van der Waals surface area contributed by atoms with Gasteiger partial charge in [-0.3, -0.25) is 9.69 Å². The molecule has 1 fully saturated rings. The van der Waals surface area contributed by atoms with Gasteiger partial charge in [0.05, 0.1) is 25.3 Å². The molecule has 1 N–H and O–H groups in total. The molecule has 1 aliphatic heterocycles. The van der Waals surface area contributed by atoms with Crippen molar-refractivity contribution in [2.24, 2.45) is 0 Å². The lowest BCUT2D eigenvalue weighted by molar-refractivity contribution is -0.128. The molecule has 0 aromatic heterocycles. The summed E-state index contributed by atoms with van der Waals surface area (Å²) in [6.07, 6.45) is 0. The molecule has 0 saturated carbocycles. The van der Waals surface area contributed by atoms with Gasteiger partial charge in [0, 0.05) is 13.1 Å². The van der Waals surface area contributed by atoms with Gasteiger partial charge in [-0.25, -0.2) is 0 Å². The van der Waals surface area contributed by atoms with E-state index in [4.69, 9.17) is 4.74 Å². The largest absolute Gasteiger partial charge is 0.379 e. The first-order chi connectivity index (χ1) is 11.8. The molecule has 3 rings (SSSR count). The molecule has 1 saturated heterocycles. The lowest BCUT2D eigenvalue weighted by Crippen LogP contribution is -2.50. The fourth-order valence-corrected chi connectivity index (χ4v) is 3.04. The van der Waals surface area contributed by atoms with Crippen LogP contribution in [0.2, 0.25) is 0 Å². The molecular formula is C20H24N2O2. The minimum Gasteiger partial charge on any atom is -0.379 e. The Bertz CT molecular complexity index is 600. The minimum absolute atomic E-state index is 0.0506. The highest BCUT2D eigenvalue weighted by Crippen LogP contribution is 2.22. The van der Waals surface area contributed by atoms with Gasteiger partial charge in [0.25, 0.3) is 0 Å². The zero-order valence-electron chi connectivity index (χ0n) is 14.0. The molecule has 2 aromatic carbocycles. The summed E-state index contributed by atoms with van der Waals surface area (Å²) in [5.41, 5.74) is 2.18. The molecule has 0 unspecified atom stereocenters. The zero-order valence-corrected chi connectivity index (χ0v) is 14.0. The highest BCUT2D eigenvalue weighted by atomic mass is 16.5. The molecular weight excluding hydrogens is 300 g/mol. The smallest absolute Gasteiger partial charge is 0.237 e. The minimum atomic E-state index is -0.163. The Labute approximate surface area is 143 Å². The summed E-state index contributed by atoms with van der Waals surface area (Å²) in [6, 6.07) is 19.9. The van der Waals surface area contributed by atoms with E-state index in [1.165, 1.54) is 0 Å². The average molecular weight is 324 g/mol. The molecule has 2 aromatic rings. The topological polar surface area (TPSA) is 41.6 Å². The standard InChI is InChI=1S/C20H24N2O2/c1-16(22-12-14-24-15-13-22)20(23)21-19(17-8-4-2-5-9-17)18-10-6-3-7-11-18/h2-11,16,19H,12-15H2,1H3,(H,21,23)/t16-/m0/s1. The first-order valence-electron chi connectivity index (χ1n) is 8.48. The van der Waals surface area contributed by atoms with Crippen molar-refractivity contribution in [3.8, 4) is 0 Å². The van der Waals surface area contributed by atoms with Gasteiger partial charge in [-0.1, -0.05) is 60.7 Å². The van der Waals surface area contributed by atoms with Crippen molar-refractivity contribution in [1.29, 1.82) is 0 Å². The summed E-state index contributed by atoms with van der Waals surface area (Å²) in [7, 11) is 0. The summed E-state index contributed by atoms with van der Waals surface area (Å²) < 4.78 is 5.38. The molecule has 4 nitrogen and oxygen atoms in total. The second-order valence-electron chi connectivity index (χ2n) is 6.09. The maximum Gasteiger partial charge on any atom is 0.237 e. The molecule has 0 radical (unpaired) electrons. The van der Waals surface area contributed by atoms with Crippen molar-refractivity contribution in [3.05, 3.63) is 71.8 Å². The molecule has 0 bridgehead atoms. The number of carbonyl (C=O) groups excluding carboxylic acids is 1. The van der Waals surface area contributed by atoms with Crippen LogP contribution >= 0.6 is 0 Å². The van der Waals surface area contributed by atoms with Crippen LogP contribution in [0.4, 0.5) is 0 Å². The number of ether oxygens (including phenoxy) is 1. The van der Waals surface area contributed by atoms with Gasteiger partial charge in [-0.2, -0.15) is 0 Å². The first kappa shape index (κ1) is 16.7. The van der Waals surface area contributed by atoms with Crippen LogP contribution < -0.4 is 5.32 Å². The van der Waals surface area contributed by atoms with Gasteiger partial charge >= 0.3 is 0 Å². The molecule has 24 heavy (non-hydrogen) atoms. The number of amides is 1. The summed E-state index contributed by atoms with van der Waals surface area (Å²) >= 11 is 0. The monoisotopic (exact) mass is 324 g/mol. The van der Waals surface area contributed by atoms with E-state index in [0.29, 0.717) is 13.2 Å². The summed E-state index contributed by atoms with van der Waals surface area (Å²) in [5, 5.41) is 3.23. The van der Waals surface area contributed by atoms with Gasteiger partial charge < -0.3 is 10.1 Å². The number of benzene rings is 2. The molecule has 0 spiro atoms. The maximum absolute atomic E-state index is 12.8. The van der Waals surface area contributed by atoms with E-state index in [0.717, 1.165) is 24.2 Å². The predicted octanol–water partition coefficient (Wildman–Crippen LogP) is 2.61. The van der Waals surface area contributed by atoms with E-state index in [2.05, 4.69) is 34.5 Å². The number of carbonyl (C=O) groups is 1. The van der Waals surface area contributed by atoms with Crippen LogP contribution in [0.3, 0.4) is 0 Å². The SMILES string of the molecule is C[C@@H](C(=O)NC(c1ccccc1)c1ccccc1)N1CCOCC1. The van der Waals surface area contributed by atoms with Gasteiger partial charge in [-0.05, 0) is 18.1 Å². The Kier molecular flexibility index (Phi) is 5.62. The molecule has 1 atom stereocenters. The Morgan fingerprint density at radius 3 is 1.96 bits per heavy atom. The number of morpholine rings is 1. The predicted molar refractivity (Wildman–Crippen MR) is 94.7 cm³/mol. The summed E-state index contributed by atoms with van der Waals surface area (Å²) in [6.45, 7) is 4.95. The second kappa shape index (κ2) is 8.08. The fraction of sp³-hybridized carbons (Fsp3) is 0.350. The third-order valence-corrected chi connectivity index (χ3v) is 4.53. The zero-order chi connectivity index (χ0) is 16.8. The third-order valence-electron chi connectivity index (χ3n) is 4.53. The van der Waals surface area contributed by atoms with Crippen LogP contribution in [0.25, 0.3) is 0 Å². The summed E-state index contributed by atoms with van der Waals surface area (Å²) in [5.74, 6) is 0.0506. The molecule has 0 aliphatic carbocycles. The Morgan fingerprint density at radius 2 is 1.46 bits per heavy atom. The number of hydrogen-bond donors (Lipinski definition) is 1. The van der Waals surface area contributed by atoms with Gasteiger partial charge in [0.15, 0.2) is 0 Å². The van der Waals surface area contributed by atoms with Crippen molar-refractivity contribution in [3.63, 3.8) is 0 Å². The number of nitrogens with one attached hydrogen (secondary N) is 1. The number of nitrogens with zero attached hydrogens (tertiary/aromatic N) is 1. The van der Waals surface area contributed by atoms with E-state index in [9.17, 15) is 4.79 Å². The Hall–Kier alpha value is -2.17. The number of hydrogen-bond acceptors (Lipinski definition) is 3. The van der Waals surface area contributed by atoms with Gasteiger partial charge in [-0.15, -0.1) is 0 Å². The van der Waals surface area contributed by atoms with E-state index >= 15 is 0 Å². The maximum atomic E-state index is 12.8. The van der Waals surface area contributed by atoms with Crippen LogP contribution in [0.15, 0.2) is 60.7 Å². The van der Waals surface area contributed by atoms with Crippen LogP contribution in [-0.2, 0) is 9.53 Å². The van der Waals surface area contributed by atoms with Crippen LogP contribution in [0, 0.1) is 0 Å². The van der Waals surface area contributed by atoms with Crippen molar-refractivity contribution < 1.29 is 9.53 Å². The molecule has 1 amide bonds. The van der Waals surface area contributed by atoms with E-state index < -0.39 is 0 Å². The third kappa shape index (κ3) is 4.02. The Morgan fingerprint density at radius 1 is 0.958 bits per heavy atom. The van der Waals surface area contributed by atoms with Gasteiger partial charge in [0.2, 0.25) is 5.91 Å². The lowest BCUT2D eigenvalue weighted by Gasteiger charge is -2.32. The van der Waals surface area contributed by atoms with Gasteiger partial charge in [0.1, 0.15) is 0 Å². The molecule has 1 aliphatic rings. The van der Waals surface area contributed by atoms with E-state index in [-0.39, 0.29) is 18.0 Å². The first-order valence-corrected chi connectivity index (χ1v) is 8.48. The molecule has 4 heteroatoms. The van der Waals surface area contributed by atoms with E-state index in [1.807, 2.05) is 43.3 Å². The Balaban J connectivity index is 1.77. The molecule has 126 valence electrons. The van der Waals surface area contributed by atoms with Crippen molar-refractivity contribution in [2.45, 2.75) is 19.0 Å². The van der Waals surface area contributed by atoms with Crippen LogP contribution in [0.5, 0.6) is 0 Å². The second-order valence-corrected chi connectivity index (χ2v) is 6.09. The van der Waals surface area contributed by atoms with Crippen molar-refractivity contribution >= 4 is 5.91 Å². The highest BCUT2D eigenvalue weighted by molar-refractivity contribution is 5.82. The quantitative estimate of drug-likeness (QED) is 0.919. The van der Waals surface area contributed by atoms with Crippen LogP contribution in [-0.4, -0.2) is 43.2 Å². The molecule has 1 heterocycles.